The molecule has 21 heavy (non-hydrogen) atoms. The summed E-state index contributed by atoms with van der Waals surface area (Å²) in [7, 11) is 0. The fourth-order valence-corrected chi connectivity index (χ4v) is 3.87. The third-order valence-corrected chi connectivity index (χ3v) is 5.09. The first-order valence-electron chi connectivity index (χ1n) is 8.30. The summed E-state index contributed by atoms with van der Waals surface area (Å²) < 4.78 is 0.294. The van der Waals surface area contributed by atoms with Gasteiger partial charge in [-0.25, -0.2) is 0 Å². The second kappa shape index (κ2) is 9.57. The van der Waals surface area contributed by atoms with E-state index >= 15 is 0 Å². The van der Waals surface area contributed by atoms with Crippen molar-refractivity contribution in [3.8, 4) is 0 Å². The van der Waals surface area contributed by atoms with E-state index in [1.807, 2.05) is 11.8 Å². The number of aliphatic hydroxyl groups excluding tert-OH is 1. The van der Waals surface area contributed by atoms with Crippen molar-refractivity contribution in [2.45, 2.75) is 51.7 Å². The lowest BCUT2D eigenvalue weighted by Gasteiger charge is -2.39. The minimum Gasteiger partial charge on any atom is -0.396 e. The Morgan fingerprint density at radius 2 is 2.14 bits per heavy atom. The Morgan fingerprint density at radius 3 is 2.71 bits per heavy atom. The van der Waals surface area contributed by atoms with Crippen LogP contribution >= 0.6 is 11.8 Å². The Kier molecular flexibility index (Phi) is 8.49. The van der Waals surface area contributed by atoms with Crippen molar-refractivity contribution in [2.75, 3.05) is 38.5 Å². The lowest BCUT2D eigenvalue weighted by molar-refractivity contribution is 0.253. The van der Waals surface area contributed by atoms with E-state index in [0.717, 1.165) is 57.2 Å². The number of nitrogens with zero attached hydrogens (tertiary/aromatic N) is 2. The van der Waals surface area contributed by atoms with Crippen molar-refractivity contribution < 1.29 is 5.11 Å². The zero-order valence-corrected chi connectivity index (χ0v) is 15.0. The molecule has 1 rings (SSSR count). The SMILES string of the molecule is CCCC(CCO)CN=C(NCC)N1CCSC(C)(C)C1. The molecule has 1 unspecified atom stereocenters. The second-order valence-electron chi connectivity index (χ2n) is 6.39. The molecule has 0 aliphatic carbocycles. The van der Waals surface area contributed by atoms with Crippen LogP contribution in [0.3, 0.4) is 0 Å². The standard InChI is InChI=1S/C16H33N3OS/c1-5-7-14(8-10-20)12-18-15(17-6-2)19-9-11-21-16(3,4)13-19/h14,20H,5-13H2,1-4H3,(H,17,18). The number of rotatable bonds is 7. The molecule has 1 heterocycles. The molecule has 0 amide bonds. The van der Waals surface area contributed by atoms with Crippen LogP contribution in [0, 0.1) is 5.92 Å². The maximum atomic E-state index is 9.17. The molecule has 5 heteroatoms. The number of nitrogens with one attached hydrogen (secondary N) is 1. The van der Waals surface area contributed by atoms with Crippen LogP contribution in [0.4, 0.5) is 0 Å². The van der Waals surface area contributed by atoms with E-state index in [1.54, 1.807) is 0 Å². The van der Waals surface area contributed by atoms with Crippen LogP contribution in [0.15, 0.2) is 4.99 Å². The van der Waals surface area contributed by atoms with Gasteiger partial charge in [0.1, 0.15) is 0 Å². The van der Waals surface area contributed by atoms with E-state index in [1.165, 1.54) is 0 Å². The topological polar surface area (TPSA) is 47.9 Å². The average molecular weight is 316 g/mol. The van der Waals surface area contributed by atoms with Crippen LogP contribution in [0.2, 0.25) is 0 Å². The molecule has 0 radical (unpaired) electrons. The summed E-state index contributed by atoms with van der Waals surface area (Å²) >= 11 is 2.04. The van der Waals surface area contributed by atoms with Gasteiger partial charge in [-0.3, -0.25) is 4.99 Å². The van der Waals surface area contributed by atoms with E-state index in [-0.39, 0.29) is 6.61 Å². The predicted octanol–water partition coefficient (Wildman–Crippen LogP) is 2.58. The molecule has 0 saturated carbocycles. The molecule has 1 aliphatic rings. The third-order valence-electron chi connectivity index (χ3n) is 3.79. The Labute approximate surface area is 134 Å². The zero-order chi connectivity index (χ0) is 15.7. The number of guanidine groups is 1. The summed E-state index contributed by atoms with van der Waals surface area (Å²) in [5.41, 5.74) is 0. The van der Waals surface area contributed by atoms with E-state index < -0.39 is 0 Å². The van der Waals surface area contributed by atoms with Gasteiger partial charge in [0.15, 0.2) is 5.96 Å². The molecule has 0 aromatic heterocycles. The summed E-state index contributed by atoms with van der Waals surface area (Å²) in [5, 5.41) is 12.6. The maximum absolute atomic E-state index is 9.17. The van der Waals surface area contributed by atoms with Gasteiger partial charge < -0.3 is 15.3 Å². The van der Waals surface area contributed by atoms with Crippen LogP contribution in [-0.2, 0) is 0 Å². The van der Waals surface area contributed by atoms with Crippen molar-refractivity contribution in [2.24, 2.45) is 10.9 Å². The van der Waals surface area contributed by atoms with Crippen molar-refractivity contribution in [3.05, 3.63) is 0 Å². The Hall–Kier alpha value is -0.420. The summed E-state index contributed by atoms with van der Waals surface area (Å²) in [5.74, 6) is 2.71. The summed E-state index contributed by atoms with van der Waals surface area (Å²) in [4.78, 5) is 7.24. The fraction of sp³-hybridized carbons (Fsp3) is 0.938. The Morgan fingerprint density at radius 1 is 1.38 bits per heavy atom. The van der Waals surface area contributed by atoms with Gasteiger partial charge in [0, 0.05) is 43.3 Å². The number of thioether (sulfide) groups is 1. The molecule has 124 valence electrons. The monoisotopic (exact) mass is 315 g/mol. The first kappa shape index (κ1) is 18.6. The van der Waals surface area contributed by atoms with E-state index in [2.05, 4.69) is 37.9 Å². The van der Waals surface area contributed by atoms with Crippen molar-refractivity contribution in [3.63, 3.8) is 0 Å². The Balaban J connectivity index is 2.67. The molecule has 1 aliphatic heterocycles. The smallest absolute Gasteiger partial charge is 0.193 e. The van der Waals surface area contributed by atoms with Crippen molar-refractivity contribution in [1.82, 2.24) is 10.2 Å². The quantitative estimate of drug-likeness (QED) is 0.560. The maximum Gasteiger partial charge on any atom is 0.193 e. The number of hydrogen-bond acceptors (Lipinski definition) is 3. The van der Waals surface area contributed by atoms with Crippen LogP contribution in [0.5, 0.6) is 0 Å². The lowest BCUT2D eigenvalue weighted by atomic mass is 10.0. The normalized spacial score (nSPS) is 20.4. The molecule has 1 fully saturated rings. The first-order valence-corrected chi connectivity index (χ1v) is 9.29. The minimum atomic E-state index is 0.268. The van der Waals surface area contributed by atoms with Crippen LogP contribution in [0.1, 0.15) is 47.0 Å². The molecular formula is C16H33N3OS. The summed E-state index contributed by atoms with van der Waals surface area (Å²) in [6, 6.07) is 0. The van der Waals surface area contributed by atoms with Gasteiger partial charge in [0.25, 0.3) is 0 Å². The number of hydrogen-bond donors (Lipinski definition) is 2. The molecule has 0 bridgehead atoms. The largest absolute Gasteiger partial charge is 0.396 e. The fourth-order valence-electron chi connectivity index (χ4n) is 2.76. The zero-order valence-electron chi connectivity index (χ0n) is 14.2. The molecule has 1 atom stereocenters. The van der Waals surface area contributed by atoms with E-state index in [4.69, 9.17) is 4.99 Å². The van der Waals surface area contributed by atoms with Gasteiger partial charge in [-0.1, -0.05) is 13.3 Å². The second-order valence-corrected chi connectivity index (χ2v) is 8.19. The van der Waals surface area contributed by atoms with Gasteiger partial charge in [-0.05, 0) is 39.5 Å². The van der Waals surface area contributed by atoms with Crippen LogP contribution in [-0.4, -0.2) is 59.3 Å². The first-order chi connectivity index (χ1) is 10.0. The predicted molar refractivity (Wildman–Crippen MR) is 94.2 cm³/mol. The van der Waals surface area contributed by atoms with Gasteiger partial charge in [0.2, 0.25) is 0 Å². The number of aliphatic hydroxyl groups is 1. The van der Waals surface area contributed by atoms with E-state index in [9.17, 15) is 5.11 Å². The highest BCUT2D eigenvalue weighted by Gasteiger charge is 2.28. The van der Waals surface area contributed by atoms with Gasteiger partial charge in [-0.2, -0.15) is 11.8 Å². The number of aliphatic imine (C=N–C) groups is 1. The molecule has 0 aromatic carbocycles. The molecule has 0 aromatic rings. The van der Waals surface area contributed by atoms with Gasteiger partial charge in [0.05, 0.1) is 0 Å². The molecular weight excluding hydrogens is 282 g/mol. The van der Waals surface area contributed by atoms with Crippen molar-refractivity contribution in [1.29, 1.82) is 0 Å². The highest BCUT2D eigenvalue weighted by Crippen LogP contribution is 2.29. The average Bonchev–Trinajstić information content (AvgIpc) is 2.42. The molecule has 4 nitrogen and oxygen atoms in total. The van der Waals surface area contributed by atoms with Crippen LogP contribution in [0.25, 0.3) is 0 Å². The molecule has 0 spiro atoms. The summed E-state index contributed by atoms with van der Waals surface area (Å²) in [6.07, 6.45) is 3.16. The van der Waals surface area contributed by atoms with Crippen LogP contribution < -0.4 is 5.32 Å². The van der Waals surface area contributed by atoms with Gasteiger partial charge >= 0.3 is 0 Å². The third kappa shape index (κ3) is 6.92. The van der Waals surface area contributed by atoms with Crippen molar-refractivity contribution >= 4 is 17.7 Å². The Bertz CT molecular complexity index is 315. The van der Waals surface area contributed by atoms with Gasteiger partial charge in [-0.15, -0.1) is 0 Å². The highest BCUT2D eigenvalue weighted by atomic mass is 32.2. The summed E-state index contributed by atoms with van der Waals surface area (Å²) in [6.45, 7) is 13.0. The molecule has 1 saturated heterocycles. The van der Waals surface area contributed by atoms with E-state index in [0.29, 0.717) is 10.7 Å². The lowest BCUT2D eigenvalue weighted by Crippen LogP contribution is -2.51. The molecule has 2 N–H and O–H groups in total. The minimum absolute atomic E-state index is 0.268. The highest BCUT2D eigenvalue weighted by molar-refractivity contribution is 8.00.